The average molecular weight is 359 g/mol. The zero-order chi connectivity index (χ0) is 15.7. The van der Waals surface area contributed by atoms with Gasteiger partial charge in [0, 0.05) is 31.0 Å². The molecule has 3 heterocycles. The van der Waals surface area contributed by atoms with Crippen molar-refractivity contribution < 1.29 is 4.79 Å². The number of thiazole rings is 1. The van der Waals surface area contributed by atoms with Gasteiger partial charge in [-0.3, -0.25) is 5.32 Å². The molecule has 3 rings (SSSR count). The zero-order valence-corrected chi connectivity index (χ0v) is 13.9. The van der Waals surface area contributed by atoms with E-state index in [1.165, 1.54) is 17.4 Å². The van der Waals surface area contributed by atoms with Crippen molar-refractivity contribution in [3.63, 3.8) is 0 Å². The molecule has 0 fully saturated rings. The number of nitrogens with one attached hydrogen (secondary N) is 2. The first-order valence-corrected chi connectivity index (χ1v) is 8.04. The number of hydrogen-bond acceptors (Lipinski definition) is 6. The molecule has 0 saturated carbocycles. The van der Waals surface area contributed by atoms with E-state index in [1.807, 2.05) is 4.90 Å². The Morgan fingerprint density at radius 2 is 2.05 bits per heavy atom. The summed E-state index contributed by atoms with van der Waals surface area (Å²) in [5, 5.41) is 6.39. The van der Waals surface area contributed by atoms with E-state index in [4.69, 9.17) is 23.2 Å². The fourth-order valence-corrected chi connectivity index (χ4v) is 3.53. The summed E-state index contributed by atoms with van der Waals surface area (Å²) in [5.74, 6) is 0.498. The van der Waals surface area contributed by atoms with E-state index in [9.17, 15) is 4.79 Å². The van der Waals surface area contributed by atoms with Crippen molar-refractivity contribution >= 4 is 51.6 Å². The van der Waals surface area contributed by atoms with Crippen LogP contribution in [0.3, 0.4) is 0 Å². The van der Waals surface area contributed by atoms with E-state index in [1.54, 1.807) is 7.05 Å². The van der Waals surface area contributed by atoms with Crippen LogP contribution in [0.25, 0.3) is 0 Å². The largest absolute Gasteiger partial charge is 0.341 e. The molecule has 2 aromatic rings. The molecule has 0 saturated heterocycles. The van der Waals surface area contributed by atoms with Gasteiger partial charge in [0.15, 0.2) is 5.13 Å². The molecule has 0 unspecified atom stereocenters. The van der Waals surface area contributed by atoms with Crippen LogP contribution in [-0.4, -0.2) is 34.6 Å². The summed E-state index contributed by atoms with van der Waals surface area (Å²) in [4.78, 5) is 27.2. The van der Waals surface area contributed by atoms with Crippen molar-refractivity contribution in [1.82, 2.24) is 20.3 Å². The first-order valence-electron chi connectivity index (χ1n) is 6.47. The monoisotopic (exact) mass is 358 g/mol. The van der Waals surface area contributed by atoms with Gasteiger partial charge in [-0.15, -0.1) is 0 Å². The van der Waals surface area contributed by atoms with Crippen LogP contribution < -0.4 is 15.5 Å². The average Bonchev–Trinajstić information content (AvgIpc) is 2.87. The zero-order valence-electron chi connectivity index (χ0n) is 11.6. The number of carbonyl (C=O) groups is 1. The Labute approximate surface area is 140 Å². The SMILES string of the molecule is CNC(=O)Nc1nc2c(s1)CN(c1nc(Cl)cc(Cl)n1)CC2. The highest BCUT2D eigenvalue weighted by molar-refractivity contribution is 7.15. The third kappa shape index (κ3) is 3.23. The summed E-state index contributed by atoms with van der Waals surface area (Å²) in [6, 6.07) is 1.22. The molecular formula is C12H12Cl2N6OS. The number of anilines is 2. The fourth-order valence-electron chi connectivity index (χ4n) is 2.10. The summed E-state index contributed by atoms with van der Waals surface area (Å²) < 4.78 is 0. The van der Waals surface area contributed by atoms with Gasteiger partial charge in [-0.25, -0.2) is 19.7 Å². The number of fused-ring (bicyclic) bond motifs is 1. The van der Waals surface area contributed by atoms with Gasteiger partial charge < -0.3 is 10.2 Å². The number of halogens is 2. The van der Waals surface area contributed by atoms with Gasteiger partial charge >= 0.3 is 6.03 Å². The van der Waals surface area contributed by atoms with Crippen molar-refractivity contribution in [2.24, 2.45) is 0 Å². The van der Waals surface area contributed by atoms with Crippen LogP contribution in [0.15, 0.2) is 6.07 Å². The molecule has 0 bridgehead atoms. The van der Waals surface area contributed by atoms with E-state index in [-0.39, 0.29) is 6.03 Å². The van der Waals surface area contributed by atoms with Gasteiger partial charge in [0.2, 0.25) is 5.95 Å². The second kappa shape index (κ2) is 6.23. The van der Waals surface area contributed by atoms with E-state index in [2.05, 4.69) is 25.6 Å². The van der Waals surface area contributed by atoms with Gasteiger partial charge in [0.25, 0.3) is 0 Å². The highest BCUT2D eigenvalue weighted by Crippen LogP contribution is 2.30. The molecule has 22 heavy (non-hydrogen) atoms. The Morgan fingerprint density at radius 3 is 2.73 bits per heavy atom. The quantitative estimate of drug-likeness (QED) is 0.806. The van der Waals surface area contributed by atoms with Crippen LogP contribution in [0.2, 0.25) is 10.3 Å². The molecule has 1 aliphatic heterocycles. The lowest BCUT2D eigenvalue weighted by molar-refractivity contribution is 0.254. The summed E-state index contributed by atoms with van der Waals surface area (Å²) in [6.45, 7) is 1.33. The highest BCUT2D eigenvalue weighted by atomic mass is 35.5. The highest BCUT2D eigenvalue weighted by Gasteiger charge is 2.23. The maximum atomic E-state index is 11.3. The number of aromatic nitrogens is 3. The number of amides is 2. The van der Waals surface area contributed by atoms with Gasteiger partial charge in [0.05, 0.1) is 12.2 Å². The van der Waals surface area contributed by atoms with Crippen LogP contribution in [0.1, 0.15) is 10.6 Å². The lowest BCUT2D eigenvalue weighted by Crippen LogP contribution is -2.31. The molecule has 10 heteroatoms. The smallest absolute Gasteiger partial charge is 0.320 e. The predicted octanol–water partition coefficient (Wildman–Crippen LogP) is 2.55. The first-order chi connectivity index (χ1) is 10.5. The summed E-state index contributed by atoms with van der Waals surface area (Å²) in [5.41, 5.74) is 0.987. The normalized spacial score (nSPS) is 13.7. The molecule has 0 spiro atoms. The van der Waals surface area contributed by atoms with E-state index >= 15 is 0 Å². The molecule has 0 radical (unpaired) electrons. The maximum Gasteiger partial charge on any atom is 0.320 e. The molecule has 2 aromatic heterocycles. The standard InChI is InChI=1S/C12H12Cl2N6OS/c1-15-11(21)19-12-16-6-2-3-20(5-7(6)22-12)10-17-8(13)4-9(14)18-10/h4H,2-3,5H2,1H3,(H2,15,16,19,21). The maximum absolute atomic E-state index is 11.3. The van der Waals surface area contributed by atoms with Gasteiger partial charge in [-0.05, 0) is 0 Å². The van der Waals surface area contributed by atoms with Crippen molar-refractivity contribution in [1.29, 1.82) is 0 Å². The molecule has 116 valence electrons. The van der Waals surface area contributed by atoms with Gasteiger partial charge in [0.1, 0.15) is 10.3 Å². The van der Waals surface area contributed by atoms with E-state index < -0.39 is 0 Å². The Balaban J connectivity index is 1.80. The Bertz CT molecular complexity index is 701. The molecule has 0 aromatic carbocycles. The lowest BCUT2D eigenvalue weighted by Gasteiger charge is -2.26. The molecular weight excluding hydrogens is 347 g/mol. The molecule has 0 aliphatic carbocycles. The third-order valence-corrected chi connectivity index (χ3v) is 4.50. The van der Waals surface area contributed by atoms with Crippen molar-refractivity contribution in [3.8, 4) is 0 Å². The minimum Gasteiger partial charge on any atom is -0.341 e. The number of carbonyl (C=O) groups excluding carboxylic acids is 1. The summed E-state index contributed by atoms with van der Waals surface area (Å²) >= 11 is 13.3. The molecule has 1 aliphatic rings. The van der Waals surface area contributed by atoms with Crippen molar-refractivity contribution in [2.45, 2.75) is 13.0 Å². The Morgan fingerprint density at radius 1 is 1.32 bits per heavy atom. The second-order valence-electron chi connectivity index (χ2n) is 4.58. The molecule has 0 atom stereocenters. The van der Waals surface area contributed by atoms with Crippen LogP contribution in [0.4, 0.5) is 15.9 Å². The second-order valence-corrected chi connectivity index (χ2v) is 6.44. The Hall–Kier alpha value is -1.64. The summed E-state index contributed by atoms with van der Waals surface area (Å²) in [6.07, 6.45) is 0.745. The summed E-state index contributed by atoms with van der Waals surface area (Å²) in [7, 11) is 1.56. The molecule has 2 N–H and O–H groups in total. The third-order valence-electron chi connectivity index (χ3n) is 3.11. The molecule has 7 nitrogen and oxygen atoms in total. The number of urea groups is 1. The number of nitrogens with zero attached hydrogens (tertiary/aromatic N) is 4. The van der Waals surface area contributed by atoms with Gasteiger partial charge in [-0.1, -0.05) is 34.5 Å². The van der Waals surface area contributed by atoms with Crippen LogP contribution in [-0.2, 0) is 13.0 Å². The minimum atomic E-state index is -0.284. The van der Waals surface area contributed by atoms with Crippen LogP contribution in [0, 0.1) is 0 Å². The number of rotatable bonds is 2. The number of hydrogen-bond donors (Lipinski definition) is 2. The van der Waals surface area contributed by atoms with E-state index in [0.717, 1.165) is 17.0 Å². The van der Waals surface area contributed by atoms with Crippen molar-refractivity contribution in [2.75, 3.05) is 23.8 Å². The Kier molecular flexibility index (Phi) is 4.32. The van der Waals surface area contributed by atoms with E-state index in [0.29, 0.717) is 34.5 Å². The van der Waals surface area contributed by atoms with Crippen molar-refractivity contribution in [3.05, 3.63) is 26.9 Å². The fraction of sp³-hybridized carbons (Fsp3) is 0.333. The van der Waals surface area contributed by atoms with Crippen LogP contribution >= 0.6 is 34.5 Å². The predicted molar refractivity (Wildman–Crippen MR) is 87.0 cm³/mol. The van der Waals surface area contributed by atoms with Gasteiger partial charge in [-0.2, -0.15) is 0 Å². The first kappa shape index (κ1) is 15.3. The minimum absolute atomic E-state index is 0.284. The lowest BCUT2D eigenvalue weighted by atomic mass is 10.2. The topological polar surface area (TPSA) is 83.0 Å². The molecule has 2 amide bonds. The van der Waals surface area contributed by atoms with Crippen LogP contribution in [0.5, 0.6) is 0 Å².